The molecule has 0 spiro atoms. The molecule has 0 unspecified atom stereocenters. The third-order valence-corrected chi connectivity index (χ3v) is 5.12. The molecule has 3 aromatic rings. The van der Waals surface area contributed by atoms with Crippen LogP contribution in [0.15, 0.2) is 49.1 Å². The number of hydrogen-bond donors (Lipinski definition) is 1. The average Bonchev–Trinajstić information content (AvgIpc) is 3.13. The van der Waals surface area contributed by atoms with Crippen molar-refractivity contribution < 1.29 is 9.53 Å². The first-order valence-corrected chi connectivity index (χ1v) is 9.06. The van der Waals surface area contributed by atoms with Gasteiger partial charge in [-0.3, -0.25) is 4.79 Å². The van der Waals surface area contributed by atoms with Gasteiger partial charge >= 0.3 is 0 Å². The Kier molecular flexibility index (Phi) is 5.24. The molecule has 0 saturated heterocycles. The maximum Gasteiger partial charge on any atom is 0.267 e. The molecule has 25 heavy (non-hydrogen) atoms. The van der Waals surface area contributed by atoms with E-state index in [0.717, 1.165) is 28.0 Å². The van der Waals surface area contributed by atoms with Crippen LogP contribution in [0.25, 0.3) is 10.2 Å². The van der Waals surface area contributed by atoms with Crippen LogP contribution in [-0.2, 0) is 13.0 Å². The largest absolute Gasteiger partial charge is 0.496 e. The van der Waals surface area contributed by atoms with Gasteiger partial charge in [0.05, 0.1) is 17.3 Å². The Morgan fingerprint density at radius 2 is 2.16 bits per heavy atom. The van der Waals surface area contributed by atoms with E-state index in [1.54, 1.807) is 18.4 Å². The number of nitrogens with one attached hydrogen (secondary N) is 1. The molecule has 130 valence electrons. The van der Waals surface area contributed by atoms with Crippen molar-refractivity contribution in [1.29, 1.82) is 0 Å². The first-order valence-electron chi connectivity index (χ1n) is 8.24. The van der Waals surface area contributed by atoms with Crippen LogP contribution in [0.3, 0.4) is 0 Å². The van der Waals surface area contributed by atoms with E-state index in [1.165, 1.54) is 4.88 Å². The molecule has 1 aromatic carbocycles. The second-order valence-electron chi connectivity index (χ2n) is 5.85. The molecule has 2 aromatic heterocycles. The Hall–Kier alpha value is -2.53. The number of hydrogen-bond acceptors (Lipinski definition) is 3. The molecular formula is C20H22N2O2S. The van der Waals surface area contributed by atoms with E-state index in [1.807, 2.05) is 41.0 Å². The second-order valence-corrected chi connectivity index (χ2v) is 7.14. The van der Waals surface area contributed by atoms with Crippen LogP contribution in [0.1, 0.15) is 20.9 Å². The minimum absolute atomic E-state index is 0.0576. The molecule has 4 nitrogen and oxygen atoms in total. The van der Waals surface area contributed by atoms with Crippen LogP contribution in [0.5, 0.6) is 5.75 Å². The number of nitrogens with zero attached hydrogens (tertiary/aromatic N) is 1. The summed E-state index contributed by atoms with van der Waals surface area (Å²) in [6, 6.07) is 12.0. The Bertz CT molecular complexity index is 908. The summed E-state index contributed by atoms with van der Waals surface area (Å²) in [6.07, 6.45) is 2.55. The summed E-state index contributed by atoms with van der Waals surface area (Å²) >= 11 is 1.70. The standard InChI is InChI=1S/C20H22N2O2S/c1-4-11-22-16-12-14(2)25-19(16)13-17(22)20(23)21-10-9-15-7-5-6-8-18(15)24-3/h4-8,12-13H,1,9-11H2,2-3H3,(H,21,23). The summed E-state index contributed by atoms with van der Waals surface area (Å²) in [5.74, 6) is 0.792. The van der Waals surface area contributed by atoms with E-state index in [-0.39, 0.29) is 5.91 Å². The fraction of sp³-hybridized carbons (Fsp3) is 0.250. The predicted molar refractivity (Wildman–Crippen MR) is 104 cm³/mol. The zero-order valence-corrected chi connectivity index (χ0v) is 15.4. The molecule has 5 heteroatoms. The van der Waals surface area contributed by atoms with Gasteiger partial charge in [-0.15, -0.1) is 17.9 Å². The number of methoxy groups -OCH3 is 1. The molecule has 1 amide bonds. The van der Waals surface area contributed by atoms with Crippen LogP contribution >= 0.6 is 11.3 Å². The molecule has 0 bridgehead atoms. The van der Waals surface area contributed by atoms with Crippen molar-refractivity contribution in [3.8, 4) is 5.75 Å². The monoisotopic (exact) mass is 354 g/mol. The van der Waals surface area contributed by atoms with Crippen molar-refractivity contribution >= 4 is 27.5 Å². The lowest BCUT2D eigenvalue weighted by atomic mass is 10.1. The van der Waals surface area contributed by atoms with Gasteiger partial charge in [-0.25, -0.2) is 0 Å². The topological polar surface area (TPSA) is 43.3 Å². The molecule has 0 atom stereocenters. The molecule has 1 N–H and O–H groups in total. The van der Waals surface area contributed by atoms with E-state index < -0.39 is 0 Å². The van der Waals surface area contributed by atoms with Crippen molar-refractivity contribution in [2.45, 2.75) is 19.9 Å². The number of benzene rings is 1. The van der Waals surface area contributed by atoms with Gasteiger partial charge in [0.2, 0.25) is 0 Å². The number of aromatic nitrogens is 1. The lowest BCUT2D eigenvalue weighted by Gasteiger charge is -2.10. The highest BCUT2D eigenvalue weighted by Crippen LogP contribution is 2.28. The Morgan fingerprint density at radius 1 is 1.36 bits per heavy atom. The van der Waals surface area contributed by atoms with Crippen LogP contribution < -0.4 is 10.1 Å². The molecule has 0 fully saturated rings. The van der Waals surface area contributed by atoms with Gasteiger partial charge in [0.1, 0.15) is 11.4 Å². The smallest absolute Gasteiger partial charge is 0.267 e. The number of fused-ring (bicyclic) bond motifs is 1. The summed E-state index contributed by atoms with van der Waals surface area (Å²) in [6.45, 7) is 7.07. The van der Waals surface area contributed by atoms with Crippen LogP contribution in [-0.4, -0.2) is 24.1 Å². The second kappa shape index (κ2) is 7.57. The van der Waals surface area contributed by atoms with E-state index >= 15 is 0 Å². The molecule has 3 rings (SSSR count). The first-order chi connectivity index (χ1) is 12.1. The van der Waals surface area contributed by atoms with Gasteiger partial charge in [0, 0.05) is 18.0 Å². The number of rotatable bonds is 7. The third-order valence-electron chi connectivity index (χ3n) is 4.13. The van der Waals surface area contributed by atoms with Gasteiger partial charge in [0.15, 0.2) is 0 Å². The summed E-state index contributed by atoms with van der Waals surface area (Å²) in [5, 5.41) is 3.02. The summed E-state index contributed by atoms with van der Waals surface area (Å²) in [4.78, 5) is 13.9. The van der Waals surface area contributed by atoms with Crippen molar-refractivity contribution in [2.24, 2.45) is 0 Å². The third kappa shape index (κ3) is 3.61. The maximum absolute atomic E-state index is 12.6. The van der Waals surface area contributed by atoms with Crippen LogP contribution in [0.2, 0.25) is 0 Å². The predicted octanol–water partition coefficient (Wildman–Crippen LogP) is 4.18. The van der Waals surface area contributed by atoms with Gasteiger partial charge in [-0.1, -0.05) is 24.3 Å². The SMILES string of the molecule is C=CCn1c(C(=O)NCCc2ccccc2OC)cc2sc(C)cc21. The number of carbonyl (C=O) groups excluding carboxylic acids is 1. The van der Waals surface area contributed by atoms with Crippen molar-refractivity contribution in [3.63, 3.8) is 0 Å². The molecule has 0 aliphatic carbocycles. The minimum Gasteiger partial charge on any atom is -0.496 e. The molecule has 0 radical (unpaired) electrons. The fourth-order valence-corrected chi connectivity index (χ4v) is 3.95. The van der Waals surface area contributed by atoms with Gasteiger partial charge in [-0.2, -0.15) is 0 Å². The lowest BCUT2D eigenvalue weighted by Crippen LogP contribution is -2.27. The van der Waals surface area contributed by atoms with E-state index in [2.05, 4.69) is 24.9 Å². The molecular weight excluding hydrogens is 332 g/mol. The number of amides is 1. The van der Waals surface area contributed by atoms with Crippen molar-refractivity contribution in [1.82, 2.24) is 9.88 Å². The normalized spacial score (nSPS) is 10.8. The highest BCUT2D eigenvalue weighted by atomic mass is 32.1. The van der Waals surface area contributed by atoms with Gasteiger partial charge in [-0.05, 0) is 37.1 Å². The number of para-hydroxylation sites is 1. The zero-order chi connectivity index (χ0) is 17.8. The van der Waals surface area contributed by atoms with Crippen LogP contribution in [0, 0.1) is 6.92 Å². The minimum atomic E-state index is -0.0576. The number of thiophene rings is 1. The maximum atomic E-state index is 12.6. The molecule has 0 aliphatic rings. The zero-order valence-electron chi connectivity index (χ0n) is 14.5. The molecule has 2 heterocycles. The number of ether oxygens (including phenoxy) is 1. The molecule has 0 aliphatic heterocycles. The first kappa shape index (κ1) is 17.3. The highest BCUT2D eigenvalue weighted by Gasteiger charge is 2.16. The van der Waals surface area contributed by atoms with Crippen molar-refractivity contribution in [2.75, 3.05) is 13.7 Å². The highest BCUT2D eigenvalue weighted by molar-refractivity contribution is 7.19. The number of aryl methyl sites for hydroxylation is 1. The summed E-state index contributed by atoms with van der Waals surface area (Å²) < 4.78 is 8.50. The number of carbonyl (C=O) groups is 1. The van der Waals surface area contributed by atoms with E-state index in [4.69, 9.17) is 4.74 Å². The Morgan fingerprint density at radius 3 is 2.92 bits per heavy atom. The molecule has 0 saturated carbocycles. The summed E-state index contributed by atoms with van der Waals surface area (Å²) in [7, 11) is 1.66. The van der Waals surface area contributed by atoms with Crippen LogP contribution in [0.4, 0.5) is 0 Å². The Balaban J connectivity index is 1.73. The Labute approximate surface area is 151 Å². The fourth-order valence-electron chi connectivity index (χ4n) is 2.99. The van der Waals surface area contributed by atoms with Gasteiger partial charge in [0.25, 0.3) is 5.91 Å². The van der Waals surface area contributed by atoms with Crippen molar-refractivity contribution in [3.05, 3.63) is 65.2 Å². The lowest BCUT2D eigenvalue weighted by molar-refractivity contribution is 0.0945. The summed E-state index contributed by atoms with van der Waals surface area (Å²) in [5.41, 5.74) is 2.86. The number of allylic oxidation sites excluding steroid dienone is 1. The van der Waals surface area contributed by atoms with E-state index in [0.29, 0.717) is 18.8 Å². The van der Waals surface area contributed by atoms with E-state index in [9.17, 15) is 4.79 Å². The van der Waals surface area contributed by atoms with Gasteiger partial charge < -0.3 is 14.6 Å². The quantitative estimate of drug-likeness (QED) is 0.647. The average molecular weight is 354 g/mol.